The van der Waals surface area contributed by atoms with E-state index in [0.29, 0.717) is 6.07 Å². The number of benzene rings is 1. The van der Waals surface area contributed by atoms with E-state index in [9.17, 15) is 18.0 Å². The standard InChI is InChI=1S/C10H8ClF3O3/c1-2-16-9(15)5-3-7(12)6(11)4-8(5)17-10(13)14/h3-4,10H,2H2,1H3. The molecule has 3 nitrogen and oxygen atoms in total. The second kappa shape index (κ2) is 5.77. The van der Waals surface area contributed by atoms with Crippen molar-refractivity contribution in [2.75, 3.05) is 6.61 Å². The summed E-state index contributed by atoms with van der Waals surface area (Å²) in [6, 6.07) is 1.49. The van der Waals surface area contributed by atoms with Crippen LogP contribution in [-0.4, -0.2) is 19.2 Å². The van der Waals surface area contributed by atoms with E-state index in [1.165, 1.54) is 6.92 Å². The summed E-state index contributed by atoms with van der Waals surface area (Å²) >= 11 is 5.40. The molecular formula is C10H8ClF3O3. The normalized spacial score (nSPS) is 10.5. The average Bonchev–Trinajstić information content (AvgIpc) is 2.22. The van der Waals surface area contributed by atoms with Crippen molar-refractivity contribution < 1.29 is 27.4 Å². The maximum atomic E-state index is 13.1. The number of ether oxygens (including phenoxy) is 2. The molecule has 0 aliphatic carbocycles. The number of alkyl halides is 2. The van der Waals surface area contributed by atoms with Gasteiger partial charge in [0.15, 0.2) is 0 Å². The van der Waals surface area contributed by atoms with Crippen molar-refractivity contribution in [2.24, 2.45) is 0 Å². The maximum Gasteiger partial charge on any atom is 0.387 e. The molecule has 0 aliphatic heterocycles. The van der Waals surface area contributed by atoms with Crippen LogP contribution in [0.2, 0.25) is 5.02 Å². The molecule has 94 valence electrons. The quantitative estimate of drug-likeness (QED) is 0.786. The zero-order valence-electron chi connectivity index (χ0n) is 8.68. The van der Waals surface area contributed by atoms with Crippen molar-refractivity contribution in [3.63, 3.8) is 0 Å². The lowest BCUT2D eigenvalue weighted by Crippen LogP contribution is -2.11. The Bertz CT molecular complexity index is 424. The molecule has 0 spiro atoms. The van der Waals surface area contributed by atoms with E-state index >= 15 is 0 Å². The van der Waals surface area contributed by atoms with Gasteiger partial charge in [0, 0.05) is 6.07 Å². The monoisotopic (exact) mass is 268 g/mol. The zero-order chi connectivity index (χ0) is 13.0. The molecule has 0 N–H and O–H groups in total. The van der Waals surface area contributed by atoms with Crippen LogP contribution >= 0.6 is 11.6 Å². The molecule has 0 unspecified atom stereocenters. The molecule has 0 atom stereocenters. The molecular weight excluding hydrogens is 261 g/mol. The first-order chi connectivity index (χ1) is 7.95. The van der Waals surface area contributed by atoms with Crippen molar-refractivity contribution in [1.29, 1.82) is 0 Å². The van der Waals surface area contributed by atoms with Crippen LogP contribution in [0.3, 0.4) is 0 Å². The largest absolute Gasteiger partial charge is 0.462 e. The fourth-order valence-electron chi connectivity index (χ4n) is 1.09. The molecule has 0 bridgehead atoms. The minimum absolute atomic E-state index is 0.0250. The van der Waals surface area contributed by atoms with Crippen molar-refractivity contribution in [2.45, 2.75) is 13.5 Å². The second-order valence-electron chi connectivity index (χ2n) is 2.86. The summed E-state index contributed by atoms with van der Waals surface area (Å²) in [5.74, 6) is -2.40. The number of hydrogen-bond acceptors (Lipinski definition) is 3. The van der Waals surface area contributed by atoms with Gasteiger partial charge in [-0.3, -0.25) is 0 Å². The molecule has 0 heterocycles. The highest BCUT2D eigenvalue weighted by atomic mass is 35.5. The van der Waals surface area contributed by atoms with Crippen molar-refractivity contribution >= 4 is 17.6 Å². The van der Waals surface area contributed by atoms with Gasteiger partial charge in [-0.15, -0.1) is 0 Å². The molecule has 17 heavy (non-hydrogen) atoms. The number of halogens is 4. The Morgan fingerprint density at radius 2 is 2.12 bits per heavy atom. The molecule has 7 heteroatoms. The van der Waals surface area contributed by atoms with E-state index in [2.05, 4.69) is 9.47 Å². The minimum atomic E-state index is -3.15. The SMILES string of the molecule is CCOC(=O)c1cc(F)c(Cl)cc1OC(F)F. The van der Waals surface area contributed by atoms with Gasteiger partial charge in [-0.1, -0.05) is 11.6 Å². The maximum absolute atomic E-state index is 13.1. The van der Waals surface area contributed by atoms with Gasteiger partial charge in [0.1, 0.15) is 17.1 Å². The van der Waals surface area contributed by atoms with Crippen LogP contribution in [0, 0.1) is 5.82 Å². The first-order valence-corrected chi connectivity index (χ1v) is 4.94. The molecule has 1 rings (SSSR count). The third-order valence-electron chi connectivity index (χ3n) is 1.73. The smallest absolute Gasteiger partial charge is 0.387 e. The van der Waals surface area contributed by atoms with Crippen LogP contribution in [0.1, 0.15) is 17.3 Å². The summed E-state index contributed by atoms with van der Waals surface area (Å²) in [7, 11) is 0. The Labute approximate surface area is 100 Å². The Morgan fingerprint density at radius 1 is 1.47 bits per heavy atom. The van der Waals surface area contributed by atoms with Crippen LogP contribution in [0.5, 0.6) is 5.75 Å². The summed E-state index contributed by atoms with van der Waals surface area (Å²) in [6.45, 7) is -1.60. The molecule has 1 aromatic rings. The molecule has 0 aliphatic rings. The van der Waals surface area contributed by atoms with E-state index < -0.39 is 34.7 Å². The lowest BCUT2D eigenvalue weighted by Gasteiger charge is -2.10. The Morgan fingerprint density at radius 3 is 2.65 bits per heavy atom. The van der Waals surface area contributed by atoms with Gasteiger partial charge in [0.2, 0.25) is 0 Å². The summed E-state index contributed by atoms with van der Waals surface area (Å²) in [5, 5.41) is -0.423. The van der Waals surface area contributed by atoms with Crippen molar-refractivity contribution in [1.82, 2.24) is 0 Å². The lowest BCUT2D eigenvalue weighted by molar-refractivity contribution is -0.0504. The number of carbonyl (C=O) groups is 1. The number of rotatable bonds is 4. The summed E-state index contributed by atoms with van der Waals surface area (Å²) in [4.78, 5) is 11.4. The first kappa shape index (κ1) is 13.6. The number of carbonyl (C=O) groups excluding carboxylic acids is 1. The van der Waals surface area contributed by atoms with Crippen LogP contribution in [0.15, 0.2) is 12.1 Å². The lowest BCUT2D eigenvalue weighted by atomic mass is 10.2. The van der Waals surface area contributed by atoms with E-state index in [1.807, 2.05) is 0 Å². The predicted molar refractivity (Wildman–Crippen MR) is 54.0 cm³/mol. The van der Waals surface area contributed by atoms with E-state index in [4.69, 9.17) is 11.6 Å². The van der Waals surface area contributed by atoms with Crippen molar-refractivity contribution in [3.05, 3.63) is 28.5 Å². The van der Waals surface area contributed by atoms with Gasteiger partial charge >= 0.3 is 12.6 Å². The summed E-state index contributed by atoms with van der Waals surface area (Å²) < 4.78 is 45.9. The van der Waals surface area contributed by atoms with Crippen molar-refractivity contribution in [3.8, 4) is 5.75 Å². The zero-order valence-corrected chi connectivity index (χ0v) is 9.43. The Balaban J connectivity index is 3.15. The molecule has 1 aromatic carbocycles. The average molecular weight is 269 g/mol. The summed E-state index contributed by atoms with van der Waals surface area (Å²) in [5.41, 5.74) is -0.436. The topological polar surface area (TPSA) is 35.5 Å². The second-order valence-corrected chi connectivity index (χ2v) is 3.27. The van der Waals surface area contributed by atoms with Crippen LogP contribution < -0.4 is 4.74 Å². The molecule has 0 saturated carbocycles. The van der Waals surface area contributed by atoms with E-state index in [-0.39, 0.29) is 6.61 Å². The van der Waals surface area contributed by atoms with Gasteiger partial charge in [-0.2, -0.15) is 8.78 Å². The van der Waals surface area contributed by atoms with Gasteiger partial charge in [-0.05, 0) is 13.0 Å². The van der Waals surface area contributed by atoms with Gasteiger partial charge in [-0.25, -0.2) is 9.18 Å². The Kier molecular flexibility index (Phi) is 4.62. The van der Waals surface area contributed by atoms with Crippen LogP contribution in [-0.2, 0) is 4.74 Å². The van der Waals surface area contributed by atoms with Gasteiger partial charge in [0.25, 0.3) is 0 Å². The molecule has 0 fully saturated rings. The fraction of sp³-hybridized carbons (Fsp3) is 0.300. The molecule has 0 saturated heterocycles. The van der Waals surface area contributed by atoms with Gasteiger partial charge < -0.3 is 9.47 Å². The predicted octanol–water partition coefficient (Wildman–Crippen LogP) is 3.26. The Hall–Kier alpha value is -1.43. The highest BCUT2D eigenvalue weighted by molar-refractivity contribution is 6.31. The third kappa shape index (κ3) is 3.52. The molecule has 0 amide bonds. The highest BCUT2D eigenvalue weighted by Gasteiger charge is 2.19. The van der Waals surface area contributed by atoms with E-state index in [0.717, 1.165) is 6.07 Å². The molecule has 0 aromatic heterocycles. The number of hydrogen-bond donors (Lipinski definition) is 0. The third-order valence-corrected chi connectivity index (χ3v) is 2.02. The highest BCUT2D eigenvalue weighted by Crippen LogP contribution is 2.28. The van der Waals surface area contributed by atoms with Gasteiger partial charge in [0.05, 0.1) is 11.6 Å². The molecule has 0 radical (unpaired) electrons. The number of esters is 1. The minimum Gasteiger partial charge on any atom is -0.462 e. The van der Waals surface area contributed by atoms with Crippen LogP contribution in [0.25, 0.3) is 0 Å². The first-order valence-electron chi connectivity index (χ1n) is 4.56. The summed E-state index contributed by atoms with van der Waals surface area (Å²) in [6.07, 6.45) is 0. The fourth-order valence-corrected chi connectivity index (χ4v) is 1.24. The van der Waals surface area contributed by atoms with E-state index in [1.54, 1.807) is 0 Å². The van der Waals surface area contributed by atoms with Crippen LogP contribution in [0.4, 0.5) is 13.2 Å².